The molecule has 1 aliphatic carbocycles. The van der Waals surface area contributed by atoms with Gasteiger partial charge < -0.3 is 16.4 Å². The molecule has 0 bridgehead atoms. The average molecular weight is 317 g/mol. The van der Waals surface area contributed by atoms with Gasteiger partial charge in [0.2, 0.25) is 5.91 Å². The van der Waals surface area contributed by atoms with Crippen LogP contribution in [-0.4, -0.2) is 17.5 Å². The van der Waals surface area contributed by atoms with Crippen LogP contribution in [0.3, 0.4) is 0 Å². The largest absolute Gasteiger partial charge is 0.368 e. The number of carbonyl (C=O) groups is 2. The summed E-state index contributed by atoms with van der Waals surface area (Å²) in [7, 11) is 0. The molecule has 0 spiro atoms. The van der Waals surface area contributed by atoms with E-state index in [0.717, 1.165) is 30.4 Å². The predicted molar refractivity (Wildman–Crippen MR) is 91.0 cm³/mol. The number of primary amides is 1. The lowest BCUT2D eigenvalue weighted by molar-refractivity contribution is -0.123. The molecule has 3 amide bonds. The molecule has 1 fully saturated rings. The van der Waals surface area contributed by atoms with Gasteiger partial charge in [-0.25, -0.2) is 4.79 Å². The van der Waals surface area contributed by atoms with Gasteiger partial charge >= 0.3 is 6.03 Å². The number of nitrogens with two attached hydrogens (primary N) is 1. The summed E-state index contributed by atoms with van der Waals surface area (Å²) in [5, 5.41) is 5.82. The van der Waals surface area contributed by atoms with Gasteiger partial charge in [-0.15, -0.1) is 0 Å². The number of benzene rings is 1. The van der Waals surface area contributed by atoms with E-state index in [9.17, 15) is 9.59 Å². The maximum atomic E-state index is 12.4. The first-order valence-electron chi connectivity index (χ1n) is 8.33. The van der Waals surface area contributed by atoms with E-state index >= 15 is 0 Å². The predicted octanol–water partition coefficient (Wildman–Crippen LogP) is 2.85. The number of carbonyl (C=O) groups excluding carboxylic acids is 2. The summed E-state index contributed by atoms with van der Waals surface area (Å²) in [6.07, 6.45) is 3.85. The fraction of sp³-hybridized carbons (Fsp3) is 0.556. The highest BCUT2D eigenvalue weighted by Crippen LogP contribution is 2.29. The Kier molecular flexibility index (Phi) is 5.29. The number of nitrogens with one attached hydrogen (secondary N) is 2. The third-order valence-corrected chi connectivity index (χ3v) is 4.80. The van der Waals surface area contributed by atoms with Gasteiger partial charge in [0.15, 0.2) is 0 Å². The molecule has 0 saturated heterocycles. The highest BCUT2D eigenvalue weighted by atomic mass is 16.2. The van der Waals surface area contributed by atoms with Crippen molar-refractivity contribution in [1.82, 2.24) is 10.6 Å². The van der Waals surface area contributed by atoms with E-state index in [4.69, 9.17) is 5.73 Å². The summed E-state index contributed by atoms with van der Waals surface area (Å²) in [4.78, 5) is 24.2. The molecular formula is C18H27N3O2. The lowest BCUT2D eigenvalue weighted by atomic mass is 9.96. The Morgan fingerprint density at radius 1 is 1.26 bits per heavy atom. The van der Waals surface area contributed by atoms with Crippen molar-refractivity contribution in [2.24, 2.45) is 5.73 Å². The van der Waals surface area contributed by atoms with Gasteiger partial charge in [0.25, 0.3) is 0 Å². The van der Waals surface area contributed by atoms with E-state index in [0.29, 0.717) is 12.8 Å². The Morgan fingerprint density at radius 3 is 2.43 bits per heavy atom. The molecule has 5 heteroatoms. The maximum absolute atomic E-state index is 12.4. The average Bonchev–Trinajstić information content (AvgIpc) is 2.95. The van der Waals surface area contributed by atoms with Gasteiger partial charge in [0, 0.05) is 0 Å². The van der Waals surface area contributed by atoms with Gasteiger partial charge in [-0.3, -0.25) is 4.79 Å². The summed E-state index contributed by atoms with van der Waals surface area (Å²) < 4.78 is 0. The molecule has 5 nitrogen and oxygen atoms in total. The Labute approximate surface area is 138 Å². The minimum absolute atomic E-state index is 0.0815. The highest BCUT2D eigenvalue weighted by Gasteiger charge is 2.41. The zero-order chi connectivity index (χ0) is 17.0. The topological polar surface area (TPSA) is 84.2 Å². The molecule has 1 unspecified atom stereocenters. The van der Waals surface area contributed by atoms with Gasteiger partial charge in [0.05, 0.1) is 6.04 Å². The zero-order valence-electron chi connectivity index (χ0n) is 14.2. The molecule has 0 aliphatic heterocycles. The minimum atomic E-state index is -0.884. The fourth-order valence-electron chi connectivity index (χ4n) is 3.44. The zero-order valence-corrected chi connectivity index (χ0v) is 14.2. The van der Waals surface area contributed by atoms with Crippen LogP contribution >= 0.6 is 0 Å². The summed E-state index contributed by atoms with van der Waals surface area (Å²) in [5.74, 6) is -0.440. The number of hydrogen-bond donors (Lipinski definition) is 3. The second-order valence-electron chi connectivity index (χ2n) is 6.57. The standard InChI is InChI=1S/C18H27N3O2/c1-4-15(14-8-7-12(2)11-13(14)3)20-17(23)21-18(16(19)22)9-5-6-10-18/h7-8,11,15H,4-6,9-10H2,1-3H3,(H2,19,22)(H2,20,21,23). The van der Waals surface area contributed by atoms with Crippen LogP contribution in [0.4, 0.5) is 4.79 Å². The van der Waals surface area contributed by atoms with Crippen molar-refractivity contribution in [2.75, 3.05) is 0 Å². The first-order chi connectivity index (χ1) is 10.9. The van der Waals surface area contributed by atoms with Crippen LogP contribution in [0.2, 0.25) is 0 Å². The van der Waals surface area contributed by atoms with Crippen molar-refractivity contribution >= 4 is 11.9 Å². The molecule has 0 heterocycles. The Hall–Kier alpha value is -2.04. The van der Waals surface area contributed by atoms with Crippen molar-refractivity contribution in [2.45, 2.75) is 64.5 Å². The molecule has 1 aromatic rings. The van der Waals surface area contributed by atoms with E-state index in [1.54, 1.807) is 0 Å². The van der Waals surface area contributed by atoms with Crippen LogP contribution in [0.1, 0.15) is 61.8 Å². The van der Waals surface area contributed by atoms with Crippen molar-refractivity contribution < 1.29 is 9.59 Å². The number of aryl methyl sites for hydroxylation is 2. The number of hydrogen-bond acceptors (Lipinski definition) is 2. The van der Waals surface area contributed by atoms with E-state index in [1.807, 2.05) is 19.9 Å². The Balaban J connectivity index is 2.09. The number of urea groups is 1. The SMILES string of the molecule is CCC(NC(=O)NC1(C(N)=O)CCCC1)c1ccc(C)cc1C. The molecule has 1 aliphatic rings. The number of amides is 3. The Bertz CT molecular complexity index is 592. The van der Waals surface area contributed by atoms with E-state index in [1.165, 1.54) is 5.56 Å². The van der Waals surface area contributed by atoms with Crippen LogP contribution in [0.15, 0.2) is 18.2 Å². The molecule has 1 aromatic carbocycles. The maximum Gasteiger partial charge on any atom is 0.316 e. The van der Waals surface area contributed by atoms with Crippen LogP contribution in [0.5, 0.6) is 0 Å². The van der Waals surface area contributed by atoms with Crippen LogP contribution < -0.4 is 16.4 Å². The monoisotopic (exact) mass is 317 g/mol. The van der Waals surface area contributed by atoms with Gasteiger partial charge in [-0.05, 0) is 44.2 Å². The molecular weight excluding hydrogens is 290 g/mol. The van der Waals surface area contributed by atoms with Crippen LogP contribution in [0, 0.1) is 13.8 Å². The minimum Gasteiger partial charge on any atom is -0.368 e. The van der Waals surface area contributed by atoms with Crippen LogP contribution in [0.25, 0.3) is 0 Å². The third kappa shape index (κ3) is 3.84. The molecule has 2 rings (SSSR count). The lowest BCUT2D eigenvalue weighted by Crippen LogP contribution is -2.58. The van der Waals surface area contributed by atoms with E-state index < -0.39 is 11.4 Å². The van der Waals surface area contributed by atoms with E-state index in [-0.39, 0.29) is 12.1 Å². The summed E-state index contributed by atoms with van der Waals surface area (Å²) >= 11 is 0. The van der Waals surface area contributed by atoms with Crippen LogP contribution in [-0.2, 0) is 4.79 Å². The Morgan fingerprint density at radius 2 is 1.91 bits per heavy atom. The summed E-state index contributed by atoms with van der Waals surface area (Å²) in [6, 6.07) is 5.81. The van der Waals surface area contributed by atoms with Gasteiger partial charge in [-0.1, -0.05) is 43.5 Å². The normalized spacial score (nSPS) is 17.5. The first-order valence-corrected chi connectivity index (χ1v) is 8.33. The number of rotatable bonds is 5. The second-order valence-corrected chi connectivity index (χ2v) is 6.57. The summed E-state index contributed by atoms with van der Waals surface area (Å²) in [5.41, 5.74) is 8.09. The molecule has 4 N–H and O–H groups in total. The van der Waals surface area contributed by atoms with Gasteiger partial charge in [-0.2, -0.15) is 0 Å². The first kappa shape index (κ1) is 17.3. The molecule has 23 heavy (non-hydrogen) atoms. The van der Waals surface area contributed by atoms with Crippen molar-refractivity contribution in [3.8, 4) is 0 Å². The van der Waals surface area contributed by atoms with Crippen molar-refractivity contribution in [1.29, 1.82) is 0 Å². The summed E-state index contributed by atoms with van der Waals surface area (Å²) in [6.45, 7) is 6.13. The van der Waals surface area contributed by atoms with Crippen molar-refractivity contribution in [3.63, 3.8) is 0 Å². The molecule has 126 valence electrons. The quantitative estimate of drug-likeness (QED) is 0.780. The van der Waals surface area contributed by atoms with Crippen molar-refractivity contribution in [3.05, 3.63) is 34.9 Å². The second kappa shape index (κ2) is 7.02. The highest BCUT2D eigenvalue weighted by molar-refractivity contribution is 5.90. The van der Waals surface area contributed by atoms with E-state index in [2.05, 4.69) is 29.7 Å². The van der Waals surface area contributed by atoms with Gasteiger partial charge in [0.1, 0.15) is 5.54 Å². The molecule has 1 atom stereocenters. The molecule has 1 saturated carbocycles. The molecule has 0 aromatic heterocycles. The third-order valence-electron chi connectivity index (χ3n) is 4.80. The fourth-order valence-corrected chi connectivity index (χ4v) is 3.44. The smallest absolute Gasteiger partial charge is 0.316 e. The lowest BCUT2D eigenvalue weighted by Gasteiger charge is -2.28. The molecule has 0 radical (unpaired) electrons.